The molecule has 6 heavy (non-hydrogen) atoms. The molecule has 0 aliphatic carbocycles. The first kappa shape index (κ1) is 6.37. The van der Waals surface area contributed by atoms with E-state index in [9.17, 15) is 8.78 Å². The normalized spacial score (nSPS) is 14.0. The van der Waals surface area contributed by atoms with Crippen molar-refractivity contribution in [3.8, 4) is 0 Å². The lowest BCUT2D eigenvalue weighted by molar-refractivity contribution is 0.616. The molecule has 0 aromatic heterocycles. The van der Waals surface area contributed by atoms with Crippen LogP contribution in [0.15, 0.2) is 10.0 Å². The van der Waals surface area contributed by atoms with Crippen LogP contribution in [0.25, 0.3) is 0 Å². The molecule has 0 bridgehead atoms. The molecule has 0 N–H and O–H groups in total. The molecule has 0 atom stereocenters. The van der Waals surface area contributed by atoms with Crippen molar-refractivity contribution in [2.24, 2.45) is 0 Å². The summed E-state index contributed by atoms with van der Waals surface area (Å²) in [5, 5.41) is -1.35. The van der Waals surface area contributed by atoms with Crippen LogP contribution in [-0.4, -0.2) is 0 Å². The van der Waals surface area contributed by atoms with Crippen molar-refractivity contribution in [1.82, 2.24) is 0 Å². The third kappa shape index (κ3) is 2.60. The Labute approximate surface area is 46.9 Å². The molecule has 0 saturated heterocycles. The summed E-state index contributed by atoms with van der Waals surface area (Å²) >= 11 is 6.55. The molecule has 0 spiro atoms. The predicted molar refractivity (Wildman–Crippen MR) is 24.0 cm³/mol. The minimum Gasteiger partial charge on any atom is -0.195 e. The van der Waals surface area contributed by atoms with Gasteiger partial charge in [0.05, 0.1) is 0 Å². The smallest absolute Gasteiger partial charge is 0.195 e. The van der Waals surface area contributed by atoms with Gasteiger partial charge in [0.1, 0.15) is 0 Å². The van der Waals surface area contributed by atoms with Gasteiger partial charge in [-0.3, -0.25) is 0 Å². The lowest BCUT2D eigenvalue weighted by atomic mass is 11.1. The van der Waals surface area contributed by atoms with E-state index in [1.54, 1.807) is 0 Å². The van der Waals surface area contributed by atoms with Crippen LogP contribution in [0.2, 0.25) is 0 Å². The first-order valence-corrected chi connectivity index (χ1v) is 2.18. The van der Waals surface area contributed by atoms with Crippen LogP contribution in [0, 0.1) is 0 Å². The molecule has 4 heteroatoms. The Morgan fingerprint density at radius 1 is 1.50 bits per heavy atom. The molecule has 0 nitrogen and oxygen atoms in total. The van der Waals surface area contributed by atoms with Crippen molar-refractivity contribution in [3.05, 3.63) is 10.0 Å². The fraction of sp³-hybridized carbons (Fsp3) is 0. The maximum atomic E-state index is 11.1. The Hall–Kier alpha value is 0.370. The van der Waals surface area contributed by atoms with Crippen LogP contribution in [0.1, 0.15) is 0 Å². The Kier molecular flexibility index (Phi) is 2.68. The monoisotopic (exact) mass is 176 g/mol. The van der Waals surface area contributed by atoms with Crippen molar-refractivity contribution >= 4 is 27.5 Å². The SMILES string of the molecule is F/C(Cl)=C(/F)Br. The average Bonchev–Trinajstić information content (AvgIpc) is 1.36. The molecule has 0 fully saturated rings. The van der Waals surface area contributed by atoms with Gasteiger partial charge in [0.15, 0.2) is 0 Å². The maximum absolute atomic E-state index is 11.1. The number of rotatable bonds is 0. The van der Waals surface area contributed by atoms with Crippen molar-refractivity contribution in [2.75, 3.05) is 0 Å². The molecule has 0 radical (unpaired) electrons. The Morgan fingerprint density at radius 2 is 1.67 bits per heavy atom. The zero-order valence-corrected chi connectivity index (χ0v) is 4.85. The van der Waals surface area contributed by atoms with E-state index in [-0.39, 0.29) is 0 Å². The predicted octanol–water partition coefficient (Wildman–Crippen LogP) is 2.69. The quantitative estimate of drug-likeness (QED) is 0.534. The van der Waals surface area contributed by atoms with Crippen molar-refractivity contribution < 1.29 is 8.78 Å². The molecule has 36 valence electrons. The summed E-state index contributed by atoms with van der Waals surface area (Å²) in [6, 6.07) is 0. The fourth-order valence-corrected chi connectivity index (χ4v) is 0. The van der Waals surface area contributed by atoms with Crippen LogP contribution < -0.4 is 0 Å². The second kappa shape index (κ2) is 2.53. The molecule has 0 aromatic carbocycles. The van der Waals surface area contributed by atoms with Gasteiger partial charge < -0.3 is 0 Å². The van der Waals surface area contributed by atoms with Crippen LogP contribution in [-0.2, 0) is 0 Å². The highest BCUT2D eigenvalue weighted by molar-refractivity contribution is 9.11. The standard InChI is InChI=1S/C2BrClF2/c3-1(5)2(4)6/b2-1+. The van der Waals surface area contributed by atoms with E-state index in [4.69, 9.17) is 0 Å². The summed E-state index contributed by atoms with van der Waals surface area (Å²) in [6.07, 6.45) is 0. The first-order valence-electron chi connectivity index (χ1n) is 1.01. The third-order valence-electron chi connectivity index (χ3n) is 0.143. The summed E-state index contributed by atoms with van der Waals surface area (Å²) in [5.74, 6) is 0. The molecule has 0 heterocycles. The Balaban J connectivity index is 3.68. The molecule has 0 unspecified atom stereocenters. The maximum Gasteiger partial charge on any atom is 0.232 e. The largest absolute Gasteiger partial charge is 0.232 e. The fourth-order valence-electron chi connectivity index (χ4n) is 0. The summed E-state index contributed by atoms with van der Waals surface area (Å²) in [6.45, 7) is 0. The summed E-state index contributed by atoms with van der Waals surface area (Å²) < 4.78 is 21.0. The molecule has 0 saturated carbocycles. The topological polar surface area (TPSA) is 0 Å². The third-order valence-corrected chi connectivity index (χ3v) is 0.885. The van der Waals surface area contributed by atoms with Gasteiger partial charge in [-0.25, -0.2) is 0 Å². The molecular formula is C2BrClF2. The van der Waals surface area contributed by atoms with Gasteiger partial charge in [-0.1, -0.05) is 0 Å². The van der Waals surface area contributed by atoms with E-state index in [1.807, 2.05) is 0 Å². The lowest BCUT2D eigenvalue weighted by Crippen LogP contribution is -1.51. The first-order chi connectivity index (χ1) is 2.64. The van der Waals surface area contributed by atoms with Gasteiger partial charge in [0.2, 0.25) is 10.0 Å². The van der Waals surface area contributed by atoms with Gasteiger partial charge >= 0.3 is 0 Å². The van der Waals surface area contributed by atoms with Crippen LogP contribution in [0.4, 0.5) is 8.78 Å². The van der Waals surface area contributed by atoms with Crippen molar-refractivity contribution in [1.29, 1.82) is 0 Å². The lowest BCUT2D eigenvalue weighted by Gasteiger charge is -1.73. The van der Waals surface area contributed by atoms with E-state index in [1.165, 1.54) is 0 Å². The van der Waals surface area contributed by atoms with Crippen LogP contribution in [0.5, 0.6) is 0 Å². The van der Waals surface area contributed by atoms with E-state index in [2.05, 4.69) is 27.5 Å². The highest BCUT2D eigenvalue weighted by Gasteiger charge is 1.92. The Morgan fingerprint density at radius 3 is 1.67 bits per heavy atom. The summed E-state index contributed by atoms with van der Waals surface area (Å²) in [5.41, 5.74) is 0. The molecule has 0 amide bonds. The van der Waals surface area contributed by atoms with Gasteiger partial charge in [0, 0.05) is 0 Å². The molecule has 0 aromatic rings. The van der Waals surface area contributed by atoms with Gasteiger partial charge in [-0.2, -0.15) is 8.78 Å². The molecular weight excluding hydrogens is 177 g/mol. The number of halogens is 4. The van der Waals surface area contributed by atoms with Gasteiger partial charge in [0.25, 0.3) is 0 Å². The minimum absolute atomic E-state index is 1.16. The molecule has 0 rings (SSSR count). The van der Waals surface area contributed by atoms with Crippen molar-refractivity contribution in [2.45, 2.75) is 0 Å². The molecule has 0 aliphatic heterocycles. The minimum atomic E-state index is -1.35. The van der Waals surface area contributed by atoms with Crippen molar-refractivity contribution in [3.63, 3.8) is 0 Å². The zero-order valence-electron chi connectivity index (χ0n) is 2.51. The second-order valence-electron chi connectivity index (χ2n) is 0.521. The van der Waals surface area contributed by atoms with E-state index in [0.29, 0.717) is 0 Å². The van der Waals surface area contributed by atoms with E-state index < -0.39 is 10.0 Å². The summed E-state index contributed by atoms with van der Waals surface area (Å²) in [7, 11) is 0. The average molecular weight is 177 g/mol. The van der Waals surface area contributed by atoms with Crippen LogP contribution in [0.3, 0.4) is 0 Å². The second-order valence-corrected chi connectivity index (χ2v) is 1.55. The molecule has 0 aliphatic rings. The highest BCUT2D eigenvalue weighted by Crippen LogP contribution is 2.16. The Bertz CT molecular complexity index is 61.6. The van der Waals surface area contributed by atoms with E-state index in [0.717, 1.165) is 0 Å². The zero-order chi connectivity index (χ0) is 5.15. The highest BCUT2D eigenvalue weighted by atomic mass is 79.9. The van der Waals surface area contributed by atoms with E-state index >= 15 is 0 Å². The van der Waals surface area contributed by atoms with Gasteiger partial charge in [-0.05, 0) is 27.5 Å². The summed E-state index contributed by atoms with van der Waals surface area (Å²) in [4.78, 5) is 0. The van der Waals surface area contributed by atoms with Gasteiger partial charge in [-0.15, -0.1) is 0 Å². The number of hydrogen-bond donors (Lipinski definition) is 0. The van der Waals surface area contributed by atoms with Crippen LogP contribution >= 0.6 is 27.5 Å². The number of hydrogen-bond acceptors (Lipinski definition) is 0.